The summed E-state index contributed by atoms with van der Waals surface area (Å²) in [5.41, 5.74) is 4.10. The minimum absolute atomic E-state index is 0.0683. The number of piperidine rings is 1. The summed E-state index contributed by atoms with van der Waals surface area (Å²) in [7, 11) is 0. The molecule has 2 fully saturated rings. The van der Waals surface area contributed by atoms with Gasteiger partial charge in [-0.15, -0.1) is 0 Å². The number of piperazine rings is 1. The number of rotatable bonds is 3. The minimum Gasteiger partial charge on any atom is -0.360 e. The van der Waals surface area contributed by atoms with Crippen LogP contribution in [0.15, 0.2) is 18.2 Å². The molecule has 0 saturated carbocycles. The number of anilines is 1. The smallest absolute Gasteiger partial charge is 0.281 e. The molecular formula is C22H36N3O+. The number of likely N-dealkylation sites (tertiary alicyclic amines) is 1. The monoisotopic (exact) mass is 358 g/mol. The van der Waals surface area contributed by atoms with E-state index in [1.807, 2.05) is 0 Å². The van der Waals surface area contributed by atoms with Gasteiger partial charge in [0.2, 0.25) is 0 Å². The van der Waals surface area contributed by atoms with E-state index in [2.05, 4.69) is 62.6 Å². The number of carbonyl (C=O) groups is 1. The number of carbonyl (C=O) groups excluding carboxylic acids is 1. The molecule has 3 atom stereocenters. The second-order valence-corrected chi connectivity index (χ2v) is 8.46. The second kappa shape index (κ2) is 7.99. The first-order chi connectivity index (χ1) is 12.4. The van der Waals surface area contributed by atoms with Crippen LogP contribution in [0.4, 0.5) is 5.69 Å². The lowest BCUT2D eigenvalue weighted by atomic mass is 9.96. The highest BCUT2D eigenvalue weighted by Crippen LogP contribution is 2.24. The number of aryl methyl sites for hydroxylation is 1. The summed E-state index contributed by atoms with van der Waals surface area (Å²) in [4.78, 5) is 19.3. The molecule has 0 bridgehead atoms. The van der Waals surface area contributed by atoms with Crippen molar-refractivity contribution in [1.29, 1.82) is 0 Å². The van der Waals surface area contributed by atoms with Gasteiger partial charge in [0, 0.05) is 17.8 Å². The number of nitrogens with zero attached hydrogens (tertiary/aromatic N) is 2. The highest BCUT2D eigenvalue weighted by Gasteiger charge is 2.37. The standard InChI is InChI=1S/C22H35N3O/c1-16-8-6-11-21(19(16)4)24-14-12-23(13-15-24)20(5)22(26)25-17(2)9-7-10-18(25)3/h6,8,11,17-18,20H,7,9-10,12-15H2,1-5H3/p+1/t17-,18+,20-/m0/s1. The fourth-order valence-corrected chi connectivity index (χ4v) is 4.80. The number of hydrogen-bond donors (Lipinski definition) is 1. The van der Waals surface area contributed by atoms with Gasteiger partial charge in [-0.05, 0) is 71.1 Å². The van der Waals surface area contributed by atoms with Crippen molar-refractivity contribution in [3.05, 3.63) is 29.3 Å². The molecule has 2 saturated heterocycles. The number of amides is 1. The Morgan fingerprint density at radius 3 is 2.35 bits per heavy atom. The number of benzene rings is 1. The van der Waals surface area contributed by atoms with Crippen LogP contribution in [0.3, 0.4) is 0 Å². The van der Waals surface area contributed by atoms with Crippen LogP contribution < -0.4 is 9.80 Å². The van der Waals surface area contributed by atoms with E-state index in [1.54, 1.807) is 0 Å². The molecule has 1 amide bonds. The van der Waals surface area contributed by atoms with Crippen molar-refractivity contribution < 1.29 is 9.69 Å². The van der Waals surface area contributed by atoms with E-state index in [0.717, 1.165) is 39.0 Å². The lowest BCUT2D eigenvalue weighted by Gasteiger charge is -2.42. The first-order valence-corrected chi connectivity index (χ1v) is 10.4. The molecular weight excluding hydrogens is 322 g/mol. The summed E-state index contributed by atoms with van der Waals surface area (Å²) in [6.07, 6.45) is 3.55. The predicted octanol–water partition coefficient (Wildman–Crippen LogP) is 2.19. The zero-order chi connectivity index (χ0) is 18.8. The van der Waals surface area contributed by atoms with Crippen LogP contribution in [0.1, 0.15) is 51.2 Å². The Balaban J connectivity index is 1.62. The molecule has 1 N–H and O–H groups in total. The van der Waals surface area contributed by atoms with Crippen molar-refractivity contribution in [3.8, 4) is 0 Å². The van der Waals surface area contributed by atoms with Crippen molar-refractivity contribution in [1.82, 2.24) is 4.90 Å². The third kappa shape index (κ3) is 3.75. The summed E-state index contributed by atoms with van der Waals surface area (Å²) < 4.78 is 0. The Morgan fingerprint density at radius 2 is 1.73 bits per heavy atom. The minimum atomic E-state index is 0.0683. The quantitative estimate of drug-likeness (QED) is 0.897. The van der Waals surface area contributed by atoms with Gasteiger partial charge in [-0.2, -0.15) is 0 Å². The van der Waals surface area contributed by atoms with E-state index in [4.69, 9.17) is 0 Å². The summed E-state index contributed by atoms with van der Waals surface area (Å²) in [6, 6.07) is 7.43. The molecule has 0 unspecified atom stereocenters. The Morgan fingerprint density at radius 1 is 1.12 bits per heavy atom. The first-order valence-electron chi connectivity index (χ1n) is 10.4. The Kier molecular flexibility index (Phi) is 5.91. The second-order valence-electron chi connectivity index (χ2n) is 8.46. The van der Waals surface area contributed by atoms with Gasteiger partial charge >= 0.3 is 0 Å². The van der Waals surface area contributed by atoms with Gasteiger partial charge in [0.15, 0.2) is 6.04 Å². The Bertz CT molecular complexity index is 626. The molecule has 0 aromatic heterocycles. The summed E-state index contributed by atoms with van der Waals surface area (Å²) >= 11 is 0. The molecule has 144 valence electrons. The van der Waals surface area contributed by atoms with Crippen LogP contribution in [-0.4, -0.2) is 55.1 Å². The van der Waals surface area contributed by atoms with Crippen molar-refractivity contribution in [2.24, 2.45) is 0 Å². The van der Waals surface area contributed by atoms with Crippen LogP contribution in [0.2, 0.25) is 0 Å². The number of quaternary nitrogens is 1. The SMILES string of the molecule is Cc1cccc(N2CC[NH+]([C@@H](C)C(=O)N3[C@H](C)CCC[C@@H]3C)CC2)c1C. The zero-order valence-corrected chi connectivity index (χ0v) is 17.2. The maximum atomic E-state index is 13.2. The molecule has 1 aromatic rings. The summed E-state index contributed by atoms with van der Waals surface area (Å²) in [6.45, 7) is 15.1. The maximum absolute atomic E-state index is 13.2. The molecule has 1 aromatic carbocycles. The first kappa shape index (κ1) is 19.2. The third-order valence-electron chi connectivity index (χ3n) is 6.75. The van der Waals surface area contributed by atoms with E-state index in [0.29, 0.717) is 18.0 Å². The molecule has 0 spiro atoms. The Labute approximate surface area is 159 Å². The van der Waals surface area contributed by atoms with Crippen LogP contribution in [0.25, 0.3) is 0 Å². The number of hydrogen-bond acceptors (Lipinski definition) is 2. The Hall–Kier alpha value is -1.55. The average Bonchev–Trinajstić information content (AvgIpc) is 2.63. The van der Waals surface area contributed by atoms with Gasteiger partial charge in [-0.3, -0.25) is 4.79 Å². The van der Waals surface area contributed by atoms with Gasteiger partial charge in [-0.25, -0.2) is 0 Å². The molecule has 2 aliphatic rings. The van der Waals surface area contributed by atoms with E-state index in [-0.39, 0.29) is 6.04 Å². The molecule has 0 radical (unpaired) electrons. The van der Waals surface area contributed by atoms with Crippen LogP contribution >= 0.6 is 0 Å². The molecule has 26 heavy (non-hydrogen) atoms. The van der Waals surface area contributed by atoms with E-state index in [9.17, 15) is 4.79 Å². The summed E-state index contributed by atoms with van der Waals surface area (Å²) in [5, 5.41) is 0. The molecule has 3 rings (SSSR count). The molecule has 4 heteroatoms. The lowest BCUT2D eigenvalue weighted by Crippen LogP contribution is -3.19. The van der Waals surface area contributed by atoms with Crippen molar-refractivity contribution >= 4 is 11.6 Å². The van der Waals surface area contributed by atoms with Gasteiger partial charge in [0.25, 0.3) is 5.91 Å². The fourth-order valence-electron chi connectivity index (χ4n) is 4.80. The largest absolute Gasteiger partial charge is 0.360 e. The summed E-state index contributed by atoms with van der Waals surface area (Å²) in [5.74, 6) is 0.361. The van der Waals surface area contributed by atoms with Crippen molar-refractivity contribution in [3.63, 3.8) is 0 Å². The van der Waals surface area contributed by atoms with Gasteiger partial charge in [0.1, 0.15) is 0 Å². The highest BCUT2D eigenvalue weighted by atomic mass is 16.2. The molecule has 0 aliphatic carbocycles. The molecule has 2 heterocycles. The highest BCUT2D eigenvalue weighted by molar-refractivity contribution is 5.81. The predicted molar refractivity (Wildman–Crippen MR) is 108 cm³/mol. The fraction of sp³-hybridized carbons (Fsp3) is 0.682. The van der Waals surface area contributed by atoms with Gasteiger partial charge < -0.3 is 14.7 Å². The van der Waals surface area contributed by atoms with E-state index < -0.39 is 0 Å². The van der Waals surface area contributed by atoms with Gasteiger partial charge in [0.05, 0.1) is 26.2 Å². The maximum Gasteiger partial charge on any atom is 0.281 e. The lowest BCUT2D eigenvalue weighted by molar-refractivity contribution is -0.915. The topological polar surface area (TPSA) is 28.0 Å². The van der Waals surface area contributed by atoms with E-state index in [1.165, 1.54) is 28.1 Å². The van der Waals surface area contributed by atoms with Crippen molar-refractivity contribution in [2.75, 3.05) is 31.1 Å². The normalized spacial score (nSPS) is 26.0. The van der Waals surface area contributed by atoms with Crippen LogP contribution in [-0.2, 0) is 4.79 Å². The zero-order valence-electron chi connectivity index (χ0n) is 17.2. The number of nitrogens with one attached hydrogen (secondary N) is 1. The third-order valence-corrected chi connectivity index (χ3v) is 6.75. The van der Waals surface area contributed by atoms with Gasteiger partial charge in [-0.1, -0.05) is 12.1 Å². The average molecular weight is 359 g/mol. The molecule has 2 aliphatic heterocycles. The van der Waals surface area contributed by atoms with Crippen LogP contribution in [0.5, 0.6) is 0 Å². The van der Waals surface area contributed by atoms with Crippen molar-refractivity contribution in [2.45, 2.75) is 72.0 Å². The van der Waals surface area contributed by atoms with E-state index >= 15 is 0 Å². The van der Waals surface area contributed by atoms with Crippen LogP contribution in [0, 0.1) is 13.8 Å². The molecule has 4 nitrogen and oxygen atoms in total.